The second kappa shape index (κ2) is 7.76. The number of carbonyl (C=O) groups excluding carboxylic acids is 1. The zero-order valence-electron chi connectivity index (χ0n) is 8.05. The van der Waals surface area contributed by atoms with Crippen molar-refractivity contribution in [3.05, 3.63) is 12.7 Å². The van der Waals surface area contributed by atoms with E-state index in [1.165, 1.54) is 0 Å². The third kappa shape index (κ3) is 6.31. The average Bonchev–Trinajstić information content (AvgIpc) is 2.14. The van der Waals surface area contributed by atoms with Crippen LogP contribution in [0.1, 0.15) is 13.3 Å². The van der Waals surface area contributed by atoms with E-state index < -0.39 is 0 Å². The lowest BCUT2D eigenvalue weighted by Crippen LogP contribution is -2.42. The summed E-state index contributed by atoms with van der Waals surface area (Å²) in [6.07, 6.45) is 2.30. The van der Waals surface area contributed by atoms with Crippen LogP contribution in [-0.2, 0) is 4.79 Å². The summed E-state index contributed by atoms with van der Waals surface area (Å²) in [7, 11) is 0. The molecular formula is C9H18N2O2. The number of aliphatic hydroxyl groups excluding tert-OH is 1. The van der Waals surface area contributed by atoms with E-state index in [-0.39, 0.29) is 18.6 Å². The molecule has 0 aromatic carbocycles. The van der Waals surface area contributed by atoms with Crippen molar-refractivity contribution in [2.24, 2.45) is 0 Å². The van der Waals surface area contributed by atoms with E-state index >= 15 is 0 Å². The van der Waals surface area contributed by atoms with E-state index in [1.54, 1.807) is 13.0 Å². The first-order valence-electron chi connectivity index (χ1n) is 4.45. The van der Waals surface area contributed by atoms with Gasteiger partial charge in [-0.1, -0.05) is 6.08 Å². The first-order chi connectivity index (χ1) is 6.22. The number of rotatable bonds is 7. The number of amides is 1. The van der Waals surface area contributed by atoms with Crippen molar-refractivity contribution < 1.29 is 9.90 Å². The van der Waals surface area contributed by atoms with E-state index in [9.17, 15) is 4.79 Å². The van der Waals surface area contributed by atoms with E-state index in [2.05, 4.69) is 17.2 Å². The number of aliphatic hydroxyl groups is 1. The molecule has 76 valence electrons. The maximum atomic E-state index is 11.2. The van der Waals surface area contributed by atoms with Crippen molar-refractivity contribution in [3.63, 3.8) is 0 Å². The number of hydrogen-bond acceptors (Lipinski definition) is 3. The van der Waals surface area contributed by atoms with Crippen molar-refractivity contribution in [3.8, 4) is 0 Å². The van der Waals surface area contributed by atoms with Crippen LogP contribution in [0.5, 0.6) is 0 Å². The molecule has 0 spiro atoms. The Kier molecular flexibility index (Phi) is 7.24. The Morgan fingerprint density at radius 1 is 1.69 bits per heavy atom. The standard InChI is InChI=1S/C9H18N2O2/c1-3-5-11-9(13)8(2)10-6-4-7-12/h3,8,10,12H,1,4-7H2,2H3,(H,11,13). The molecule has 0 fully saturated rings. The van der Waals surface area contributed by atoms with Gasteiger partial charge < -0.3 is 15.7 Å². The molecule has 13 heavy (non-hydrogen) atoms. The molecule has 4 nitrogen and oxygen atoms in total. The first kappa shape index (κ1) is 12.1. The Hall–Kier alpha value is -0.870. The van der Waals surface area contributed by atoms with Gasteiger partial charge in [-0.3, -0.25) is 4.79 Å². The van der Waals surface area contributed by atoms with E-state index in [0.717, 1.165) is 0 Å². The highest BCUT2D eigenvalue weighted by Gasteiger charge is 2.09. The first-order valence-corrected chi connectivity index (χ1v) is 4.45. The highest BCUT2D eigenvalue weighted by Crippen LogP contribution is 1.82. The predicted octanol–water partition coefficient (Wildman–Crippen LogP) is -0.351. The third-order valence-electron chi connectivity index (χ3n) is 1.60. The van der Waals surface area contributed by atoms with Gasteiger partial charge in [0, 0.05) is 13.2 Å². The molecule has 4 heteroatoms. The van der Waals surface area contributed by atoms with Crippen LogP contribution in [0.2, 0.25) is 0 Å². The molecule has 0 rings (SSSR count). The minimum absolute atomic E-state index is 0.0437. The summed E-state index contributed by atoms with van der Waals surface area (Å²) in [6.45, 7) is 6.58. The summed E-state index contributed by atoms with van der Waals surface area (Å²) in [5.74, 6) is -0.0437. The Labute approximate surface area is 79.0 Å². The Bertz CT molecular complexity index is 160. The quantitative estimate of drug-likeness (QED) is 0.376. The molecule has 0 saturated heterocycles. The maximum Gasteiger partial charge on any atom is 0.237 e. The molecule has 0 aromatic heterocycles. The van der Waals surface area contributed by atoms with Gasteiger partial charge >= 0.3 is 0 Å². The van der Waals surface area contributed by atoms with Crippen LogP contribution in [0.3, 0.4) is 0 Å². The van der Waals surface area contributed by atoms with Gasteiger partial charge in [-0.05, 0) is 19.9 Å². The molecule has 0 aliphatic heterocycles. The smallest absolute Gasteiger partial charge is 0.237 e. The van der Waals surface area contributed by atoms with Gasteiger partial charge in [0.2, 0.25) is 5.91 Å². The summed E-state index contributed by atoms with van der Waals surface area (Å²) < 4.78 is 0. The lowest BCUT2D eigenvalue weighted by Gasteiger charge is -2.12. The van der Waals surface area contributed by atoms with Gasteiger partial charge in [-0.15, -0.1) is 6.58 Å². The molecule has 3 N–H and O–H groups in total. The summed E-state index contributed by atoms with van der Waals surface area (Å²) in [5, 5.41) is 14.2. The zero-order valence-corrected chi connectivity index (χ0v) is 8.05. The van der Waals surface area contributed by atoms with E-state index in [0.29, 0.717) is 19.5 Å². The van der Waals surface area contributed by atoms with Crippen molar-refractivity contribution >= 4 is 5.91 Å². The van der Waals surface area contributed by atoms with Gasteiger partial charge in [-0.2, -0.15) is 0 Å². The van der Waals surface area contributed by atoms with Crippen LogP contribution in [0.4, 0.5) is 0 Å². The van der Waals surface area contributed by atoms with Gasteiger partial charge in [-0.25, -0.2) is 0 Å². The fraction of sp³-hybridized carbons (Fsp3) is 0.667. The topological polar surface area (TPSA) is 61.4 Å². The molecule has 0 bridgehead atoms. The van der Waals surface area contributed by atoms with Gasteiger partial charge in [0.25, 0.3) is 0 Å². The molecule has 0 radical (unpaired) electrons. The van der Waals surface area contributed by atoms with Crippen molar-refractivity contribution in [1.82, 2.24) is 10.6 Å². The summed E-state index contributed by atoms with van der Waals surface area (Å²) in [5.41, 5.74) is 0. The van der Waals surface area contributed by atoms with Crippen molar-refractivity contribution in [1.29, 1.82) is 0 Å². The Balaban J connectivity index is 3.50. The summed E-state index contributed by atoms with van der Waals surface area (Å²) in [6, 6.07) is -0.216. The van der Waals surface area contributed by atoms with Crippen LogP contribution >= 0.6 is 0 Å². The second-order valence-electron chi connectivity index (χ2n) is 2.79. The highest BCUT2D eigenvalue weighted by molar-refractivity contribution is 5.81. The Morgan fingerprint density at radius 3 is 2.92 bits per heavy atom. The molecule has 0 aliphatic rings. The molecule has 1 atom stereocenters. The summed E-state index contributed by atoms with van der Waals surface area (Å²) >= 11 is 0. The molecule has 0 heterocycles. The number of carbonyl (C=O) groups is 1. The van der Waals surface area contributed by atoms with Crippen LogP contribution in [0.25, 0.3) is 0 Å². The van der Waals surface area contributed by atoms with Crippen molar-refractivity contribution in [2.75, 3.05) is 19.7 Å². The lowest BCUT2D eigenvalue weighted by molar-refractivity contribution is -0.122. The van der Waals surface area contributed by atoms with Gasteiger partial charge in [0.1, 0.15) is 0 Å². The van der Waals surface area contributed by atoms with Crippen LogP contribution in [0, 0.1) is 0 Å². The molecule has 1 amide bonds. The molecular weight excluding hydrogens is 168 g/mol. The SMILES string of the molecule is C=CCNC(=O)C(C)NCCCO. The van der Waals surface area contributed by atoms with Crippen molar-refractivity contribution in [2.45, 2.75) is 19.4 Å². The number of nitrogens with one attached hydrogen (secondary N) is 2. The minimum Gasteiger partial charge on any atom is -0.396 e. The maximum absolute atomic E-state index is 11.2. The van der Waals surface area contributed by atoms with E-state index in [4.69, 9.17) is 5.11 Å². The van der Waals surface area contributed by atoms with Gasteiger partial charge in [0.05, 0.1) is 6.04 Å². The summed E-state index contributed by atoms with van der Waals surface area (Å²) in [4.78, 5) is 11.2. The second-order valence-corrected chi connectivity index (χ2v) is 2.79. The largest absolute Gasteiger partial charge is 0.396 e. The predicted molar refractivity (Wildman–Crippen MR) is 52.4 cm³/mol. The fourth-order valence-corrected chi connectivity index (χ4v) is 0.816. The number of hydrogen-bond donors (Lipinski definition) is 3. The molecule has 0 aromatic rings. The van der Waals surface area contributed by atoms with E-state index in [1.807, 2.05) is 0 Å². The Morgan fingerprint density at radius 2 is 2.38 bits per heavy atom. The molecule has 0 saturated carbocycles. The lowest BCUT2D eigenvalue weighted by atomic mass is 10.3. The molecule has 1 unspecified atom stereocenters. The highest BCUT2D eigenvalue weighted by atomic mass is 16.3. The normalized spacial score (nSPS) is 12.2. The minimum atomic E-state index is -0.216. The van der Waals surface area contributed by atoms with Crippen LogP contribution < -0.4 is 10.6 Å². The third-order valence-corrected chi connectivity index (χ3v) is 1.60. The van der Waals surface area contributed by atoms with Crippen LogP contribution in [0.15, 0.2) is 12.7 Å². The zero-order chi connectivity index (χ0) is 10.1. The average molecular weight is 186 g/mol. The molecule has 0 aliphatic carbocycles. The van der Waals surface area contributed by atoms with Gasteiger partial charge in [0.15, 0.2) is 0 Å². The monoisotopic (exact) mass is 186 g/mol. The van der Waals surface area contributed by atoms with Crippen LogP contribution in [-0.4, -0.2) is 36.8 Å². The fourth-order valence-electron chi connectivity index (χ4n) is 0.816.